The molecule has 0 amide bonds. The third kappa shape index (κ3) is 3.78. The topological polar surface area (TPSA) is 90.1 Å². The molecule has 7 heteroatoms. The fourth-order valence-corrected chi connectivity index (χ4v) is 3.56. The number of benzene rings is 2. The van der Waals surface area contributed by atoms with Gasteiger partial charge in [-0.25, -0.2) is 9.78 Å². The van der Waals surface area contributed by atoms with E-state index >= 15 is 0 Å². The molecule has 0 aliphatic carbocycles. The summed E-state index contributed by atoms with van der Waals surface area (Å²) in [5, 5.41) is 0. The first-order valence-corrected chi connectivity index (χ1v) is 9.79. The molecule has 1 N–H and O–H groups in total. The van der Waals surface area contributed by atoms with E-state index in [1.165, 1.54) is 4.57 Å². The van der Waals surface area contributed by atoms with Crippen molar-refractivity contribution in [2.45, 2.75) is 40.2 Å². The van der Waals surface area contributed by atoms with Gasteiger partial charge in [0, 0.05) is 0 Å². The molecule has 0 atom stereocenters. The van der Waals surface area contributed by atoms with Crippen LogP contribution in [-0.4, -0.2) is 14.5 Å². The largest absolute Gasteiger partial charge is 0.440 e. The Morgan fingerprint density at radius 2 is 1.80 bits per heavy atom. The lowest BCUT2D eigenvalue weighted by Gasteiger charge is -2.18. The number of para-hydroxylation sites is 2. The van der Waals surface area contributed by atoms with Gasteiger partial charge in [0.05, 0.1) is 5.56 Å². The van der Waals surface area contributed by atoms with E-state index in [9.17, 15) is 9.59 Å². The van der Waals surface area contributed by atoms with Gasteiger partial charge in [0.15, 0.2) is 5.58 Å². The number of aryl methyl sites for hydroxylation is 2. The number of H-pyrrole nitrogens is 1. The van der Waals surface area contributed by atoms with Crippen molar-refractivity contribution in [2.24, 2.45) is 0 Å². The Labute approximate surface area is 173 Å². The Balaban J connectivity index is 1.87. The van der Waals surface area contributed by atoms with Crippen molar-refractivity contribution in [1.29, 1.82) is 0 Å². The van der Waals surface area contributed by atoms with Crippen LogP contribution in [0.25, 0.3) is 11.1 Å². The molecule has 0 spiro atoms. The molecule has 4 rings (SSSR count). The van der Waals surface area contributed by atoms with Crippen LogP contribution in [0.15, 0.2) is 56.5 Å². The van der Waals surface area contributed by atoms with E-state index in [4.69, 9.17) is 9.15 Å². The number of hydrogen-bond donors (Lipinski definition) is 1. The van der Waals surface area contributed by atoms with Gasteiger partial charge in [-0.05, 0) is 55.2 Å². The zero-order chi connectivity index (χ0) is 21.4. The second-order valence-electron chi connectivity index (χ2n) is 7.72. The normalized spacial score (nSPS) is 11.4. The van der Waals surface area contributed by atoms with Gasteiger partial charge in [0.25, 0.3) is 5.56 Å². The number of aromatic nitrogens is 3. The number of nitrogens with zero attached hydrogens (tertiary/aromatic N) is 2. The lowest BCUT2D eigenvalue weighted by atomic mass is 10.1. The highest BCUT2D eigenvalue weighted by Gasteiger charge is 2.21. The number of hydrogen-bond acceptors (Lipinski definition) is 5. The SMILES string of the molecule is Cc1cc(C)cc(Oc2c(C(C)C)c(=O)[nH]c(=O)n2Cc2nc3ccccc3o2)c1. The van der Waals surface area contributed by atoms with Crippen molar-refractivity contribution in [3.05, 3.63) is 85.9 Å². The second-order valence-corrected chi connectivity index (χ2v) is 7.72. The highest BCUT2D eigenvalue weighted by molar-refractivity contribution is 5.72. The van der Waals surface area contributed by atoms with Crippen LogP contribution in [0.2, 0.25) is 0 Å². The van der Waals surface area contributed by atoms with Crippen molar-refractivity contribution in [2.75, 3.05) is 0 Å². The third-order valence-electron chi connectivity index (χ3n) is 4.80. The standard InChI is InChI=1S/C23H23N3O4/c1-13(2)20-21(27)25-23(28)26(12-19-24-17-7-5-6-8-18(17)30-19)22(20)29-16-10-14(3)9-15(4)11-16/h5-11,13H,12H2,1-4H3,(H,25,27,28). The van der Waals surface area contributed by atoms with Crippen LogP contribution in [-0.2, 0) is 6.54 Å². The van der Waals surface area contributed by atoms with Gasteiger partial charge in [-0.1, -0.05) is 32.0 Å². The Kier molecular flexibility index (Phi) is 5.03. The number of fused-ring (bicyclic) bond motifs is 1. The van der Waals surface area contributed by atoms with Gasteiger partial charge in [-0.15, -0.1) is 0 Å². The second kappa shape index (κ2) is 7.67. The average molecular weight is 405 g/mol. The summed E-state index contributed by atoms with van der Waals surface area (Å²) in [5.41, 5.74) is 2.73. The highest BCUT2D eigenvalue weighted by Crippen LogP contribution is 2.29. The number of oxazole rings is 1. The number of ether oxygens (including phenoxy) is 1. The molecule has 2 aromatic carbocycles. The van der Waals surface area contributed by atoms with Crippen molar-refractivity contribution in [3.63, 3.8) is 0 Å². The highest BCUT2D eigenvalue weighted by atomic mass is 16.5. The van der Waals surface area contributed by atoms with E-state index in [0.29, 0.717) is 28.3 Å². The summed E-state index contributed by atoms with van der Waals surface area (Å²) in [6.07, 6.45) is 0. The summed E-state index contributed by atoms with van der Waals surface area (Å²) in [5.74, 6) is 0.951. The van der Waals surface area contributed by atoms with Gasteiger partial charge in [-0.2, -0.15) is 0 Å². The first-order valence-electron chi connectivity index (χ1n) is 9.79. The Morgan fingerprint density at radius 1 is 1.10 bits per heavy atom. The minimum Gasteiger partial charge on any atom is -0.440 e. The molecule has 0 saturated heterocycles. The predicted octanol–water partition coefficient (Wildman–Crippen LogP) is 4.26. The van der Waals surface area contributed by atoms with Gasteiger partial charge < -0.3 is 9.15 Å². The summed E-state index contributed by atoms with van der Waals surface area (Å²) in [6, 6.07) is 13.1. The molecule has 0 unspecified atom stereocenters. The predicted molar refractivity (Wildman–Crippen MR) is 115 cm³/mol. The van der Waals surface area contributed by atoms with Crippen LogP contribution >= 0.6 is 0 Å². The molecular weight excluding hydrogens is 382 g/mol. The van der Waals surface area contributed by atoms with Crippen LogP contribution in [0.5, 0.6) is 11.6 Å². The van der Waals surface area contributed by atoms with E-state index in [-0.39, 0.29) is 18.3 Å². The lowest BCUT2D eigenvalue weighted by molar-refractivity contribution is 0.394. The fourth-order valence-electron chi connectivity index (χ4n) is 3.56. The van der Waals surface area contributed by atoms with E-state index in [2.05, 4.69) is 9.97 Å². The average Bonchev–Trinajstić information content (AvgIpc) is 3.06. The molecule has 4 aromatic rings. The Morgan fingerprint density at radius 3 is 2.47 bits per heavy atom. The molecule has 154 valence electrons. The van der Waals surface area contributed by atoms with Crippen LogP contribution in [0.4, 0.5) is 0 Å². The maximum absolute atomic E-state index is 12.7. The smallest absolute Gasteiger partial charge is 0.331 e. The van der Waals surface area contributed by atoms with E-state index in [0.717, 1.165) is 11.1 Å². The summed E-state index contributed by atoms with van der Waals surface area (Å²) >= 11 is 0. The van der Waals surface area contributed by atoms with E-state index in [1.807, 2.05) is 70.2 Å². The Bertz CT molecular complexity index is 1290. The molecule has 0 aliphatic rings. The van der Waals surface area contributed by atoms with Crippen LogP contribution in [0, 0.1) is 13.8 Å². The van der Waals surface area contributed by atoms with Crippen molar-refractivity contribution < 1.29 is 9.15 Å². The molecule has 0 bridgehead atoms. The van der Waals surface area contributed by atoms with Gasteiger partial charge in [-0.3, -0.25) is 14.3 Å². The molecule has 0 fully saturated rings. The minimum atomic E-state index is -0.578. The molecular formula is C23H23N3O4. The summed E-state index contributed by atoms with van der Waals surface area (Å²) < 4.78 is 13.3. The van der Waals surface area contributed by atoms with Crippen molar-refractivity contribution in [3.8, 4) is 11.6 Å². The number of rotatable bonds is 5. The maximum Gasteiger partial charge on any atom is 0.331 e. The van der Waals surface area contributed by atoms with Gasteiger partial charge in [0.2, 0.25) is 11.8 Å². The number of aromatic amines is 1. The van der Waals surface area contributed by atoms with Crippen LogP contribution in [0.3, 0.4) is 0 Å². The number of nitrogens with one attached hydrogen (secondary N) is 1. The quantitative estimate of drug-likeness (QED) is 0.536. The van der Waals surface area contributed by atoms with E-state index < -0.39 is 11.2 Å². The van der Waals surface area contributed by atoms with Crippen molar-refractivity contribution >= 4 is 11.1 Å². The molecule has 0 saturated carbocycles. The summed E-state index contributed by atoms with van der Waals surface area (Å²) in [4.78, 5) is 32.2. The molecule has 2 aromatic heterocycles. The fraction of sp³-hybridized carbons (Fsp3) is 0.261. The zero-order valence-electron chi connectivity index (χ0n) is 17.4. The Hall–Kier alpha value is -3.61. The lowest BCUT2D eigenvalue weighted by Crippen LogP contribution is -2.34. The molecule has 0 aliphatic heterocycles. The maximum atomic E-state index is 12.7. The monoisotopic (exact) mass is 405 g/mol. The van der Waals surface area contributed by atoms with E-state index in [1.54, 1.807) is 0 Å². The molecule has 30 heavy (non-hydrogen) atoms. The summed E-state index contributed by atoms with van der Waals surface area (Å²) in [7, 11) is 0. The van der Waals surface area contributed by atoms with Gasteiger partial charge in [0.1, 0.15) is 17.8 Å². The van der Waals surface area contributed by atoms with Crippen LogP contribution < -0.4 is 16.0 Å². The first-order chi connectivity index (χ1) is 14.3. The molecule has 7 nitrogen and oxygen atoms in total. The van der Waals surface area contributed by atoms with Gasteiger partial charge >= 0.3 is 5.69 Å². The van der Waals surface area contributed by atoms with Crippen molar-refractivity contribution in [1.82, 2.24) is 14.5 Å². The third-order valence-corrected chi connectivity index (χ3v) is 4.80. The summed E-state index contributed by atoms with van der Waals surface area (Å²) in [6.45, 7) is 7.73. The molecule has 2 heterocycles. The first kappa shape index (κ1) is 19.7. The minimum absolute atomic E-state index is 0.0319. The molecule has 0 radical (unpaired) electrons. The zero-order valence-corrected chi connectivity index (χ0v) is 17.4. The van der Waals surface area contributed by atoms with Crippen LogP contribution in [0.1, 0.15) is 42.3 Å².